The summed E-state index contributed by atoms with van der Waals surface area (Å²) in [5, 5.41) is 2.81. The Morgan fingerprint density at radius 1 is 1.11 bits per heavy atom. The number of likely N-dealkylation sites (tertiary alicyclic amines) is 1. The number of sulfonamides is 1. The molecule has 1 aromatic rings. The number of anilines is 1. The van der Waals surface area contributed by atoms with Crippen molar-refractivity contribution in [2.24, 2.45) is 5.92 Å². The SMILES string of the molecule is CN(C)C(=O)N1CCC(C(=O)Nc2cccc(S(=O)(=O)NC3CC3)c2)CC1. The van der Waals surface area contributed by atoms with E-state index in [0.717, 1.165) is 12.8 Å². The molecule has 148 valence electrons. The summed E-state index contributed by atoms with van der Waals surface area (Å²) >= 11 is 0. The molecule has 9 heteroatoms. The molecular formula is C18H26N4O4S. The topological polar surface area (TPSA) is 98.8 Å². The molecule has 0 radical (unpaired) electrons. The zero-order chi connectivity index (χ0) is 19.6. The Hall–Kier alpha value is -2.13. The number of nitrogens with one attached hydrogen (secondary N) is 2. The zero-order valence-corrected chi connectivity index (χ0v) is 16.5. The summed E-state index contributed by atoms with van der Waals surface area (Å²) in [5.74, 6) is -0.335. The van der Waals surface area contributed by atoms with Crippen molar-refractivity contribution in [3.63, 3.8) is 0 Å². The van der Waals surface area contributed by atoms with Crippen molar-refractivity contribution in [3.8, 4) is 0 Å². The molecule has 1 aromatic carbocycles. The normalized spacial score (nSPS) is 18.2. The fraction of sp³-hybridized carbons (Fsp3) is 0.556. The van der Waals surface area contributed by atoms with E-state index in [0.29, 0.717) is 31.6 Å². The molecule has 1 aliphatic carbocycles. The summed E-state index contributed by atoms with van der Waals surface area (Å²) in [6, 6.07) is 6.28. The van der Waals surface area contributed by atoms with Crippen LogP contribution in [0.25, 0.3) is 0 Å². The van der Waals surface area contributed by atoms with Crippen LogP contribution in [0.15, 0.2) is 29.2 Å². The molecular weight excluding hydrogens is 368 g/mol. The highest BCUT2D eigenvalue weighted by atomic mass is 32.2. The number of hydrogen-bond acceptors (Lipinski definition) is 4. The number of rotatable bonds is 5. The third kappa shape index (κ3) is 4.98. The van der Waals surface area contributed by atoms with Gasteiger partial charge in [-0.25, -0.2) is 17.9 Å². The Labute approximate surface area is 160 Å². The second-order valence-electron chi connectivity index (χ2n) is 7.35. The zero-order valence-electron chi connectivity index (χ0n) is 15.6. The van der Waals surface area contributed by atoms with Crippen molar-refractivity contribution < 1.29 is 18.0 Å². The third-order valence-corrected chi connectivity index (χ3v) is 6.35. The number of benzene rings is 1. The predicted octanol–water partition coefficient (Wildman–Crippen LogP) is 1.46. The number of carbonyl (C=O) groups excluding carboxylic acids is 2. The van der Waals surface area contributed by atoms with Gasteiger partial charge >= 0.3 is 6.03 Å². The maximum absolute atomic E-state index is 12.5. The molecule has 1 saturated heterocycles. The van der Waals surface area contributed by atoms with Crippen molar-refractivity contribution >= 4 is 27.6 Å². The fourth-order valence-electron chi connectivity index (χ4n) is 3.09. The first-order valence-corrected chi connectivity index (χ1v) is 10.6. The van der Waals surface area contributed by atoms with E-state index < -0.39 is 10.0 Å². The molecule has 0 spiro atoms. The van der Waals surface area contributed by atoms with Crippen molar-refractivity contribution in [2.75, 3.05) is 32.5 Å². The number of carbonyl (C=O) groups is 2. The lowest BCUT2D eigenvalue weighted by molar-refractivity contribution is -0.121. The number of piperidine rings is 1. The molecule has 2 N–H and O–H groups in total. The van der Waals surface area contributed by atoms with E-state index in [1.807, 2.05) is 0 Å². The first kappa shape index (κ1) is 19.6. The van der Waals surface area contributed by atoms with Crippen molar-refractivity contribution in [2.45, 2.75) is 36.6 Å². The van der Waals surface area contributed by atoms with Crippen LogP contribution in [-0.2, 0) is 14.8 Å². The van der Waals surface area contributed by atoms with Gasteiger partial charge in [0.05, 0.1) is 4.90 Å². The summed E-state index contributed by atoms with van der Waals surface area (Å²) < 4.78 is 27.3. The number of hydrogen-bond donors (Lipinski definition) is 2. The highest BCUT2D eigenvalue weighted by Gasteiger charge is 2.29. The van der Waals surface area contributed by atoms with Gasteiger partial charge in [0.15, 0.2) is 0 Å². The number of urea groups is 1. The molecule has 2 fully saturated rings. The van der Waals surface area contributed by atoms with Crippen LogP contribution in [-0.4, -0.2) is 63.4 Å². The molecule has 3 amide bonds. The van der Waals surface area contributed by atoms with E-state index in [2.05, 4.69) is 10.0 Å². The van der Waals surface area contributed by atoms with E-state index in [1.54, 1.807) is 31.1 Å². The van der Waals surface area contributed by atoms with Gasteiger partial charge in [-0.05, 0) is 43.9 Å². The number of nitrogens with zero attached hydrogens (tertiary/aromatic N) is 2. The molecule has 1 heterocycles. The van der Waals surface area contributed by atoms with Crippen molar-refractivity contribution in [1.29, 1.82) is 0 Å². The molecule has 1 aliphatic heterocycles. The smallest absolute Gasteiger partial charge is 0.319 e. The Morgan fingerprint density at radius 2 is 1.78 bits per heavy atom. The average Bonchev–Trinajstić information content (AvgIpc) is 3.44. The predicted molar refractivity (Wildman–Crippen MR) is 102 cm³/mol. The van der Waals surface area contributed by atoms with Gasteiger partial charge in [0.1, 0.15) is 0 Å². The van der Waals surface area contributed by atoms with Gasteiger partial charge < -0.3 is 15.1 Å². The van der Waals surface area contributed by atoms with Crippen LogP contribution < -0.4 is 10.0 Å². The van der Waals surface area contributed by atoms with Crippen LogP contribution in [0.2, 0.25) is 0 Å². The van der Waals surface area contributed by atoms with Gasteiger partial charge in [0.25, 0.3) is 0 Å². The summed E-state index contributed by atoms with van der Waals surface area (Å²) in [4.78, 5) is 27.9. The first-order chi connectivity index (χ1) is 12.8. The lowest BCUT2D eigenvalue weighted by Crippen LogP contribution is -2.45. The van der Waals surface area contributed by atoms with Crippen LogP contribution in [0.3, 0.4) is 0 Å². The van der Waals surface area contributed by atoms with Crippen LogP contribution in [0.5, 0.6) is 0 Å². The number of amides is 3. The van der Waals surface area contributed by atoms with Gasteiger partial charge in [0, 0.05) is 44.8 Å². The Morgan fingerprint density at radius 3 is 2.37 bits per heavy atom. The maximum Gasteiger partial charge on any atom is 0.319 e. The molecule has 0 atom stereocenters. The largest absolute Gasteiger partial charge is 0.331 e. The Bertz CT molecular complexity index is 812. The molecule has 3 rings (SSSR count). The van der Waals surface area contributed by atoms with E-state index >= 15 is 0 Å². The second-order valence-corrected chi connectivity index (χ2v) is 9.06. The lowest BCUT2D eigenvalue weighted by atomic mass is 9.96. The quantitative estimate of drug-likeness (QED) is 0.790. The lowest BCUT2D eigenvalue weighted by Gasteiger charge is -2.33. The molecule has 0 aromatic heterocycles. The van der Waals surface area contributed by atoms with Gasteiger partial charge in [-0.2, -0.15) is 0 Å². The maximum atomic E-state index is 12.5. The molecule has 8 nitrogen and oxygen atoms in total. The van der Waals surface area contributed by atoms with Gasteiger partial charge in [-0.15, -0.1) is 0 Å². The van der Waals surface area contributed by atoms with Crippen LogP contribution >= 0.6 is 0 Å². The molecule has 0 bridgehead atoms. The van der Waals surface area contributed by atoms with E-state index in [9.17, 15) is 18.0 Å². The summed E-state index contributed by atoms with van der Waals surface area (Å²) in [7, 11) is -0.138. The standard InChI is InChI=1S/C18H26N4O4S/c1-21(2)18(24)22-10-8-13(9-11-22)17(23)19-15-4-3-5-16(12-15)27(25,26)20-14-6-7-14/h3-5,12-14,20H,6-11H2,1-2H3,(H,19,23). The average molecular weight is 394 g/mol. The van der Waals surface area contributed by atoms with Gasteiger partial charge in [-0.1, -0.05) is 6.07 Å². The van der Waals surface area contributed by atoms with Gasteiger partial charge in [0.2, 0.25) is 15.9 Å². The fourth-order valence-corrected chi connectivity index (χ4v) is 4.44. The molecule has 1 saturated carbocycles. The second kappa shape index (κ2) is 7.85. The molecule has 0 unspecified atom stereocenters. The summed E-state index contributed by atoms with van der Waals surface area (Å²) in [6.07, 6.45) is 2.91. The Kier molecular flexibility index (Phi) is 5.71. The van der Waals surface area contributed by atoms with Gasteiger partial charge in [-0.3, -0.25) is 4.79 Å². The highest BCUT2D eigenvalue weighted by Crippen LogP contribution is 2.24. The van der Waals surface area contributed by atoms with E-state index in [4.69, 9.17) is 0 Å². The summed E-state index contributed by atoms with van der Waals surface area (Å²) in [5.41, 5.74) is 0.463. The first-order valence-electron chi connectivity index (χ1n) is 9.16. The monoisotopic (exact) mass is 394 g/mol. The minimum atomic E-state index is -3.56. The van der Waals surface area contributed by atoms with Crippen molar-refractivity contribution in [3.05, 3.63) is 24.3 Å². The minimum Gasteiger partial charge on any atom is -0.331 e. The Balaban J connectivity index is 1.58. The van der Waals surface area contributed by atoms with Crippen LogP contribution in [0.1, 0.15) is 25.7 Å². The van der Waals surface area contributed by atoms with Crippen molar-refractivity contribution in [1.82, 2.24) is 14.5 Å². The third-order valence-electron chi connectivity index (χ3n) is 4.83. The van der Waals surface area contributed by atoms with Crippen LogP contribution in [0.4, 0.5) is 10.5 Å². The van der Waals surface area contributed by atoms with E-state index in [-0.39, 0.29) is 28.8 Å². The molecule has 27 heavy (non-hydrogen) atoms. The van der Waals surface area contributed by atoms with Crippen LogP contribution in [0, 0.1) is 5.92 Å². The highest BCUT2D eigenvalue weighted by molar-refractivity contribution is 7.89. The molecule has 2 aliphatic rings. The van der Waals surface area contributed by atoms with E-state index in [1.165, 1.54) is 17.0 Å². The summed E-state index contributed by atoms with van der Waals surface area (Å²) in [6.45, 7) is 1.07. The minimum absolute atomic E-state index is 0.0308.